The molecule has 0 radical (unpaired) electrons. The van der Waals surface area contributed by atoms with Crippen molar-refractivity contribution in [2.75, 3.05) is 59.6 Å². The number of aliphatic imine (C=N–C) groups is 1. The summed E-state index contributed by atoms with van der Waals surface area (Å²) < 4.78 is 10.9. The molecule has 2 fully saturated rings. The zero-order valence-electron chi connectivity index (χ0n) is 11.9. The fraction of sp³-hybridized carbons (Fsp3) is 0.923. The van der Waals surface area contributed by atoms with Gasteiger partial charge in [-0.05, 0) is 12.8 Å². The number of nitrogens with one attached hydrogen (secondary N) is 2. The Bertz CT molecular complexity index is 274. The minimum Gasteiger partial charge on any atom is -0.379 e. The normalized spacial score (nSPS) is 25.5. The van der Waals surface area contributed by atoms with Crippen LogP contribution in [0.2, 0.25) is 0 Å². The van der Waals surface area contributed by atoms with E-state index in [1.54, 1.807) is 7.05 Å². The third kappa shape index (κ3) is 5.34. The maximum atomic E-state index is 5.58. The highest BCUT2D eigenvalue weighted by atomic mass is 16.5. The predicted molar refractivity (Wildman–Crippen MR) is 75.6 cm³/mol. The van der Waals surface area contributed by atoms with Gasteiger partial charge in [-0.15, -0.1) is 0 Å². The maximum absolute atomic E-state index is 5.58. The van der Waals surface area contributed by atoms with E-state index in [4.69, 9.17) is 9.47 Å². The lowest BCUT2D eigenvalue weighted by molar-refractivity contribution is 0.0389. The van der Waals surface area contributed by atoms with Gasteiger partial charge in [0, 0.05) is 46.4 Å². The molecular weight excluding hydrogens is 244 g/mol. The van der Waals surface area contributed by atoms with Crippen LogP contribution < -0.4 is 10.6 Å². The van der Waals surface area contributed by atoms with Gasteiger partial charge >= 0.3 is 0 Å². The third-order valence-electron chi connectivity index (χ3n) is 3.57. The van der Waals surface area contributed by atoms with E-state index in [0.717, 1.165) is 64.9 Å². The van der Waals surface area contributed by atoms with E-state index in [9.17, 15) is 0 Å². The first-order valence-electron chi connectivity index (χ1n) is 7.24. The van der Waals surface area contributed by atoms with E-state index in [0.29, 0.717) is 6.10 Å². The van der Waals surface area contributed by atoms with Crippen LogP contribution in [0.25, 0.3) is 0 Å². The van der Waals surface area contributed by atoms with Gasteiger partial charge < -0.3 is 20.1 Å². The van der Waals surface area contributed by atoms with Crippen LogP contribution in [0.4, 0.5) is 0 Å². The van der Waals surface area contributed by atoms with E-state index < -0.39 is 0 Å². The molecule has 2 aliphatic heterocycles. The van der Waals surface area contributed by atoms with Crippen LogP contribution in [0.1, 0.15) is 12.8 Å². The van der Waals surface area contributed by atoms with Gasteiger partial charge in [-0.25, -0.2) is 0 Å². The molecule has 2 aliphatic rings. The summed E-state index contributed by atoms with van der Waals surface area (Å²) >= 11 is 0. The first-order chi connectivity index (χ1) is 9.38. The van der Waals surface area contributed by atoms with Gasteiger partial charge in [-0.3, -0.25) is 9.89 Å². The molecule has 1 unspecified atom stereocenters. The van der Waals surface area contributed by atoms with E-state index >= 15 is 0 Å². The fourth-order valence-electron chi connectivity index (χ4n) is 2.39. The number of ether oxygens (including phenoxy) is 2. The molecule has 2 heterocycles. The summed E-state index contributed by atoms with van der Waals surface area (Å²) in [6.07, 6.45) is 2.67. The Hall–Kier alpha value is -0.850. The molecule has 0 aromatic rings. The predicted octanol–water partition coefficient (Wildman–Crippen LogP) is -0.337. The largest absolute Gasteiger partial charge is 0.379 e. The van der Waals surface area contributed by atoms with Crippen molar-refractivity contribution in [3.63, 3.8) is 0 Å². The second kappa shape index (κ2) is 8.35. The summed E-state index contributed by atoms with van der Waals surface area (Å²) in [5, 5.41) is 6.66. The van der Waals surface area contributed by atoms with Gasteiger partial charge in [-0.2, -0.15) is 0 Å². The number of hydrogen-bond acceptors (Lipinski definition) is 4. The highest BCUT2D eigenvalue weighted by molar-refractivity contribution is 5.79. The van der Waals surface area contributed by atoms with Crippen LogP contribution in [0.15, 0.2) is 4.99 Å². The maximum Gasteiger partial charge on any atom is 0.191 e. The van der Waals surface area contributed by atoms with Crippen molar-refractivity contribution in [1.29, 1.82) is 0 Å². The van der Waals surface area contributed by atoms with Gasteiger partial charge in [0.15, 0.2) is 5.96 Å². The van der Waals surface area contributed by atoms with E-state index in [-0.39, 0.29) is 0 Å². The minimum absolute atomic E-state index is 0.345. The van der Waals surface area contributed by atoms with Crippen LogP contribution >= 0.6 is 0 Å². The summed E-state index contributed by atoms with van der Waals surface area (Å²) in [4.78, 5) is 6.63. The van der Waals surface area contributed by atoms with Gasteiger partial charge in [0.1, 0.15) is 0 Å². The van der Waals surface area contributed by atoms with Crippen molar-refractivity contribution in [2.45, 2.75) is 18.9 Å². The minimum atomic E-state index is 0.345. The average Bonchev–Trinajstić information content (AvgIpc) is 2.97. The molecule has 0 aliphatic carbocycles. The number of morpholine rings is 1. The quantitative estimate of drug-likeness (QED) is 0.529. The van der Waals surface area contributed by atoms with E-state index in [1.165, 1.54) is 6.42 Å². The molecule has 0 spiro atoms. The molecule has 0 amide bonds. The van der Waals surface area contributed by atoms with Crippen molar-refractivity contribution >= 4 is 5.96 Å². The molecule has 2 rings (SSSR count). The Kier molecular flexibility index (Phi) is 6.39. The molecule has 0 aromatic heterocycles. The molecule has 6 heteroatoms. The zero-order valence-corrected chi connectivity index (χ0v) is 11.9. The highest BCUT2D eigenvalue weighted by Crippen LogP contribution is 2.10. The van der Waals surface area contributed by atoms with Crippen LogP contribution in [-0.2, 0) is 9.47 Å². The van der Waals surface area contributed by atoms with E-state index in [2.05, 4.69) is 20.5 Å². The van der Waals surface area contributed by atoms with Crippen LogP contribution in [0, 0.1) is 0 Å². The third-order valence-corrected chi connectivity index (χ3v) is 3.57. The lowest BCUT2D eigenvalue weighted by Crippen LogP contribution is -2.45. The standard InChI is InChI=1S/C13H26N4O2/c1-14-13(16-11-12-3-2-8-19-12)15-4-5-17-6-9-18-10-7-17/h12H,2-11H2,1H3,(H2,14,15,16). The van der Waals surface area contributed by atoms with Crippen molar-refractivity contribution in [3.8, 4) is 0 Å². The number of hydrogen-bond donors (Lipinski definition) is 2. The lowest BCUT2D eigenvalue weighted by Gasteiger charge is -2.26. The van der Waals surface area contributed by atoms with Gasteiger partial charge in [-0.1, -0.05) is 0 Å². The molecular formula is C13H26N4O2. The summed E-state index contributed by atoms with van der Waals surface area (Å²) in [5.74, 6) is 0.865. The summed E-state index contributed by atoms with van der Waals surface area (Å²) in [5.41, 5.74) is 0. The molecule has 2 saturated heterocycles. The van der Waals surface area contributed by atoms with Crippen LogP contribution in [0.5, 0.6) is 0 Å². The van der Waals surface area contributed by atoms with Crippen molar-refractivity contribution in [1.82, 2.24) is 15.5 Å². The molecule has 6 nitrogen and oxygen atoms in total. The Morgan fingerprint density at radius 1 is 1.26 bits per heavy atom. The van der Waals surface area contributed by atoms with Crippen LogP contribution in [0.3, 0.4) is 0 Å². The van der Waals surface area contributed by atoms with Crippen molar-refractivity contribution < 1.29 is 9.47 Å². The Morgan fingerprint density at radius 2 is 2.11 bits per heavy atom. The molecule has 0 saturated carbocycles. The average molecular weight is 270 g/mol. The second-order valence-electron chi connectivity index (χ2n) is 4.97. The smallest absolute Gasteiger partial charge is 0.191 e. The van der Waals surface area contributed by atoms with Gasteiger partial charge in [0.25, 0.3) is 0 Å². The summed E-state index contributed by atoms with van der Waals surface area (Å²) in [7, 11) is 1.81. The SMILES string of the molecule is CN=C(NCCN1CCOCC1)NCC1CCCO1. The highest BCUT2D eigenvalue weighted by Gasteiger charge is 2.15. The first-order valence-corrected chi connectivity index (χ1v) is 7.24. The number of rotatable bonds is 5. The summed E-state index contributed by atoms with van der Waals surface area (Å²) in [6, 6.07) is 0. The second-order valence-corrected chi connectivity index (χ2v) is 4.97. The summed E-state index contributed by atoms with van der Waals surface area (Å²) in [6.45, 7) is 7.45. The zero-order chi connectivity index (χ0) is 13.3. The molecule has 1 atom stereocenters. The van der Waals surface area contributed by atoms with E-state index in [1.807, 2.05) is 0 Å². The number of nitrogens with zero attached hydrogens (tertiary/aromatic N) is 2. The Morgan fingerprint density at radius 3 is 2.79 bits per heavy atom. The monoisotopic (exact) mass is 270 g/mol. The molecule has 0 aromatic carbocycles. The van der Waals surface area contributed by atoms with Gasteiger partial charge in [0.05, 0.1) is 19.3 Å². The molecule has 19 heavy (non-hydrogen) atoms. The first kappa shape index (κ1) is 14.6. The van der Waals surface area contributed by atoms with Crippen molar-refractivity contribution in [2.24, 2.45) is 4.99 Å². The Labute approximate surface area is 115 Å². The van der Waals surface area contributed by atoms with Gasteiger partial charge in [0.2, 0.25) is 0 Å². The van der Waals surface area contributed by atoms with Crippen LogP contribution in [-0.4, -0.2) is 76.6 Å². The fourth-order valence-corrected chi connectivity index (χ4v) is 2.39. The Balaban J connectivity index is 1.56. The number of guanidine groups is 1. The topological polar surface area (TPSA) is 58.1 Å². The van der Waals surface area contributed by atoms with Crippen molar-refractivity contribution in [3.05, 3.63) is 0 Å². The molecule has 0 bridgehead atoms. The molecule has 2 N–H and O–H groups in total. The lowest BCUT2D eigenvalue weighted by atomic mass is 10.2. The molecule has 110 valence electrons.